The minimum absolute atomic E-state index is 0.139. The van der Waals surface area contributed by atoms with Crippen LogP contribution in [0.4, 0.5) is 0 Å². The van der Waals surface area contributed by atoms with E-state index in [1.807, 2.05) is 30.4 Å². The van der Waals surface area contributed by atoms with Gasteiger partial charge in [-0.3, -0.25) is 9.59 Å². The average Bonchev–Trinajstić information content (AvgIpc) is 2.52. The number of hydrogen-bond donors (Lipinski definition) is 2. The van der Waals surface area contributed by atoms with Crippen molar-refractivity contribution in [2.24, 2.45) is 11.8 Å². The van der Waals surface area contributed by atoms with Crippen LogP contribution >= 0.6 is 0 Å². The number of hydrogen-bond acceptors (Lipinski definition) is 2. The Morgan fingerprint density at radius 2 is 1.76 bits per heavy atom. The molecule has 21 heavy (non-hydrogen) atoms. The molecule has 2 atom stereocenters. The fraction of sp³-hybridized carbons (Fsp3) is 0.412. The number of aryl methyl sites for hydroxylation is 1. The van der Waals surface area contributed by atoms with Crippen LogP contribution in [0.25, 0.3) is 0 Å². The zero-order chi connectivity index (χ0) is 15.1. The molecule has 0 radical (unpaired) electrons. The first kappa shape index (κ1) is 15.3. The first-order chi connectivity index (χ1) is 10.2. The third kappa shape index (κ3) is 4.45. The van der Waals surface area contributed by atoms with Gasteiger partial charge in [-0.1, -0.05) is 42.5 Å². The molecule has 1 aliphatic carbocycles. The van der Waals surface area contributed by atoms with E-state index < -0.39 is 17.8 Å². The third-order valence-electron chi connectivity index (χ3n) is 3.87. The van der Waals surface area contributed by atoms with Gasteiger partial charge in [0.1, 0.15) is 0 Å². The Bertz CT molecular complexity index is 510. The molecule has 0 bridgehead atoms. The molecule has 2 N–H and O–H groups in total. The van der Waals surface area contributed by atoms with Crippen LogP contribution in [0.2, 0.25) is 0 Å². The molecule has 1 aromatic rings. The molecule has 2 rings (SSSR count). The minimum atomic E-state index is -0.885. The van der Waals surface area contributed by atoms with Gasteiger partial charge in [0, 0.05) is 6.54 Å². The van der Waals surface area contributed by atoms with Crippen molar-refractivity contribution in [3.05, 3.63) is 48.0 Å². The van der Waals surface area contributed by atoms with E-state index in [2.05, 4.69) is 17.4 Å². The number of allylic oxidation sites excluding steroid dienone is 2. The van der Waals surface area contributed by atoms with Gasteiger partial charge in [0.05, 0.1) is 11.8 Å². The zero-order valence-corrected chi connectivity index (χ0v) is 12.0. The molecule has 0 saturated carbocycles. The van der Waals surface area contributed by atoms with Crippen LogP contribution in [0.3, 0.4) is 0 Å². The van der Waals surface area contributed by atoms with E-state index in [-0.39, 0.29) is 5.91 Å². The Morgan fingerprint density at radius 3 is 2.43 bits per heavy atom. The molecule has 1 amide bonds. The molecule has 0 saturated heterocycles. The largest absolute Gasteiger partial charge is 0.481 e. The first-order valence-corrected chi connectivity index (χ1v) is 7.38. The molecular formula is C17H21NO3. The highest BCUT2D eigenvalue weighted by Gasteiger charge is 2.33. The van der Waals surface area contributed by atoms with E-state index in [0.717, 1.165) is 12.8 Å². The standard InChI is InChI=1S/C17H21NO3/c19-16(14-10-4-5-11-15(14)17(20)21)18-12-6-9-13-7-2-1-3-8-13/h1-5,7-8,14-15H,6,9-12H2,(H,18,19)(H,20,21)/t14-,15+/m1/s1. The van der Waals surface area contributed by atoms with Gasteiger partial charge < -0.3 is 10.4 Å². The normalized spacial score (nSPS) is 21.0. The lowest BCUT2D eigenvalue weighted by Gasteiger charge is -2.24. The van der Waals surface area contributed by atoms with Crippen LogP contribution < -0.4 is 5.32 Å². The fourth-order valence-corrected chi connectivity index (χ4v) is 2.66. The Kier molecular flexibility index (Phi) is 5.55. The lowest BCUT2D eigenvalue weighted by molar-refractivity contribution is -0.147. The Hall–Kier alpha value is -2.10. The van der Waals surface area contributed by atoms with Crippen molar-refractivity contribution in [2.45, 2.75) is 25.7 Å². The van der Waals surface area contributed by atoms with Crippen molar-refractivity contribution >= 4 is 11.9 Å². The van der Waals surface area contributed by atoms with Gasteiger partial charge in [-0.05, 0) is 31.2 Å². The Labute approximate surface area is 124 Å². The lowest BCUT2D eigenvalue weighted by atomic mass is 9.82. The van der Waals surface area contributed by atoms with Gasteiger partial charge in [-0.15, -0.1) is 0 Å². The summed E-state index contributed by atoms with van der Waals surface area (Å²) >= 11 is 0. The quantitative estimate of drug-likeness (QED) is 0.623. The summed E-state index contributed by atoms with van der Waals surface area (Å²) in [6.07, 6.45) is 6.47. The number of aliphatic carboxylic acids is 1. The third-order valence-corrected chi connectivity index (χ3v) is 3.87. The SMILES string of the molecule is O=C(O)[C@H]1CC=CC[C@H]1C(=O)NCCCc1ccccc1. The van der Waals surface area contributed by atoms with E-state index in [4.69, 9.17) is 5.11 Å². The summed E-state index contributed by atoms with van der Waals surface area (Å²) in [4.78, 5) is 23.3. The summed E-state index contributed by atoms with van der Waals surface area (Å²) in [7, 11) is 0. The molecule has 0 spiro atoms. The molecule has 4 nitrogen and oxygen atoms in total. The molecule has 0 aliphatic heterocycles. The number of benzene rings is 1. The average molecular weight is 287 g/mol. The summed E-state index contributed by atoms with van der Waals surface area (Å²) in [6.45, 7) is 0.584. The second-order valence-corrected chi connectivity index (χ2v) is 5.37. The minimum Gasteiger partial charge on any atom is -0.481 e. The molecular weight excluding hydrogens is 266 g/mol. The molecule has 0 heterocycles. The van der Waals surface area contributed by atoms with Crippen LogP contribution in [0.15, 0.2) is 42.5 Å². The van der Waals surface area contributed by atoms with Gasteiger partial charge in [0.25, 0.3) is 0 Å². The van der Waals surface area contributed by atoms with Crippen LogP contribution in [0, 0.1) is 11.8 Å². The van der Waals surface area contributed by atoms with Crippen molar-refractivity contribution in [3.63, 3.8) is 0 Å². The number of amides is 1. The summed E-state index contributed by atoms with van der Waals surface area (Å²) in [5.74, 6) is -2.06. The van der Waals surface area contributed by atoms with Crippen molar-refractivity contribution < 1.29 is 14.7 Å². The number of carboxylic acids is 1. The van der Waals surface area contributed by atoms with Crippen LogP contribution in [0.5, 0.6) is 0 Å². The molecule has 1 aromatic carbocycles. The van der Waals surface area contributed by atoms with Gasteiger partial charge >= 0.3 is 5.97 Å². The number of carbonyl (C=O) groups excluding carboxylic acids is 1. The lowest BCUT2D eigenvalue weighted by Crippen LogP contribution is -2.39. The maximum absolute atomic E-state index is 12.1. The van der Waals surface area contributed by atoms with E-state index in [1.54, 1.807) is 0 Å². The highest BCUT2D eigenvalue weighted by Crippen LogP contribution is 2.25. The summed E-state index contributed by atoms with van der Waals surface area (Å²) in [5, 5.41) is 12.0. The van der Waals surface area contributed by atoms with Gasteiger partial charge in [-0.2, -0.15) is 0 Å². The smallest absolute Gasteiger partial charge is 0.307 e. The summed E-state index contributed by atoms with van der Waals surface area (Å²) in [6, 6.07) is 10.1. The van der Waals surface area contributed by atoms with Crippen LogP contribution in [-0.2, 0) is 16.0 Å². The molecule has 0 fully saturated rings. The zero-order valence-electron chi connectivity index (χ0n) is 12.0. The summed E-state index contributed by atoms with van der Waals surface area (Å²) < 4.78 is 0. The molecule has 4 heteroatoms. The number of nitrogens with one attached hydrogen (secondary N) is 1. The van der Waals surface area contributed by atoms with Crippen LogP contribution in [0.1, 0.15) is 24.8 Å². The molecule has 112 valence electrons. The second kappa shape index (κ2) is 7.62. The topological polar surface area (TPSA) is 66.4 Å². The van der Waals surface area contributed by atoms with E-state index >= 15 is 0 Å². The second-order valence-electron chi connectivity index (χ2n) is 5.37. The monoisotopic (exact) mass is 287 g/mol. The van der Waals surface area contributed by atoms with E-state index in [9.17, 15) is 9.59 Å². The molecule has 1 aliphatic rings. The summed E-state index contributed by atoms with van der Waals surface area (Å²) in [5.41, 5.74) is 1.25. The first-order valence-electron chi connectivity index (χ1n) is 7.38. The van der Waals surface area contributed by atoms with Gasteiger partial charge in [0.2, 0.25) is 5.91 Å². The highest BCUT2D eigenvalue weighted by atomic mass is 16.4. The number of rotatable bonds is 6. The number of carboxylic acid groups (broad SMARTS) is 1. The van der Waals surface area contributed by atoms with Crippen molar-refractivity contribution in [1.29, 1.82) is 0 Å². The molecule has 0 aromatic heterocycles. The predicted octanol–water partition coefficient (Wildman–Crippen LogP) is 2.40. The highest BCUT2D eigenvalue weighted by molar-refractivity contribution is 5.85. The van der Waals surface area contributed by atoms with E-state index in [0.29, 0.717) is 19.4 Å². The predicted molar refractivity (Wildman–Crippen MR) is 80.8 cm³/mol. The maximum Gasteiger partial charge on any atom is 0.307 e. The van der Waals surface area contributed by atoms with Crippen molar-refractivity contribution in [3.8, 4) is 0 Å². The Balaban J connectivity index is 1.76. The maximum atomic E-state index is 12.1. The van der Waals surface area contributed by atoms with Crippen molar-refractivity contribution in [2.75, 3.05) is 6.54 Å². The fourth-order valence-electron chi connectivity index (χ4n) is 2.66. The van der Waals surface area contributed by atoms with E-state index in [1.165, 1.54) is 5.56 Å². The number of carbonyl (C=O) groups is 2. The van der Waals surface area contributed by atoms with Crippen LogP contribution in [-0.4, -0.2) is 23.5 Å². The van der Waals surface area contributed by atoms with Crippen molar-refractivity contribution in [1.82, 2.24) is 5.32 Å². The van der Waals surface area contributed by atoms with Gasteiger partial charge in [0.15, 0.2) is 0 Å². The Morgan fingerprint density at radius 1 is 1.10 bits per heavy atom. The van der Waals surface area contributed by atoms with Gasteiger partial charge in [-0.25, -0.2) is 0 Å². The molecule has 0 unspecified atom stereocenters.